The second kappa shape index (κ2) is 9.34. The lowest BCUT2D eigenvalue weighted by Crippen LogP contribution is -2.49. The highest BCUT2D eigenvalue weighted by Crippen LogP contribution is 2.07. The highest BCUT2D eigenvalue weighted by Gasteiger charge is 2.35. The third-order valence-corrected chi connectivity index (χ3v) is 2.23. The molecular weight excluding hydrogens is 272 g/mol. The van der Waals surface area contributed by atoms with Gasteiger partial charge in [0, 0.05) is 6.08 Å². The molecule has 0 saturated carbocycles. The fraction of sp³-hybridized carbons (Fsp3) is 0.500. The molecule has 0 aromatic rings. The molecule has 0 aromatic carbocycles. The van der Waals surface area contributed by atoms with Gasteiger partial charge in [-0.15, -0.1) is 0 Å². The zero-order valence-electron chi connectivity index (χ0n) is 10.8. The SMILES string of the molecule is C/C=C/C=C/C(=O)OC(=O)[C@H](O)[C@@H](O)[C@H](O)[C@H](O)CO. The maximum absolute atomic E-state index is 11.3. The average molecular weight is 290 g/mol. The summed E-state index contributed by atoms with van der Waals surface area (Å²) >= 11 is 0. The minimum atomic E-state index is -2.25. The molecule has 0 aliphatic carbocycles. The number of carbonyl (C=O) groups excluding carboxylic acids is 2. The zero-order valence-corrected chi connectivity index (χ0v) is 10.8. The molecule has 0 unspecified atom stereocenters. The number of hydrogen-bond acceptors (Lipinski definition) is 8. The molecule has 0 radical (unpaired) electrons. The molecule has 0 aliphatic rings. The van der Waals surface area contributed by atoms with E-state index in [0.29, 0.717) is 0 Å². The Morgan fingerprint density at radius 2 is 1.70 bits per heavy atom. The highest BCUT2D eigenvalue weighted by molar-refractivity contribution is 5.93. The van der Waals surface area contributed by atoms with Crippen LogP contribution in [0, 0.1) is 0 Å². The minimum absolute atomic E-state index is 0.884. The third kappa shape index (κ3) is 6.04. The molecule has 0 aliphatic heterocycles. The predicted molar refractivity (Wildman–Crippen MR) is 66.2 cm³/mol. The molecule has 0 spiro atoms. The predicted octanol–water partition coefficient (Wildman–Crippen LogP) is -2.38. The third-order valence-electron chi connectivity index (χ3n) is 2.23. The van der Waals surface area contributed by atoms with Crippen LogP contribution in [0.3, 0.4) is 0 Å². The van der Waals surface area contributed by atoms with Gasteiger partial charge in [0.15, 0.2) is 6.10 Å². The van der Waals surface area contributed by atoms with Gasteiger partial charge in [-0.1, -0.05) is 18.2 Å². The number of rotatable bonds is 7. The molecule has 8 heteroatoms. The molecule has 0 aromatic heterocycles. The van der Waals surface area contributed by atoms with Gasteiger partial charge in [0.1, 0.15) is 18.3 Å². The Kier molecular flexibility index (Phi) is 8.61. The lowest BCUT2D eigenvalue weighted by Gasteiger charge is -2.23. The van der Waals surface area contributed by atoms with E-state index in [1.807, 2.05) is 0 Å². The fourth-order valence-electron chi connectivity index (χ4n) is 1.10. The molecule has 0 amide bonds. The van der Waals surface area contributed by atoms with Crippen molar-refractivity contribution in [3.63, 3.8) is 0 Å². The summed E-state index contributed by atoms with van der Waals surface area (Å²) in [6.45, 7) is 0.819. The van der Waals surface area contributed by atoms with Gasteiger partial charge in [-0.3, -0.25) is 0 Å². The molecule has 0 bridgehead atoms. The van der Waals surface area contributed by atoms with Crippen LogP contribution in [0.15, 0.2) is 24.3 Å². The summed E-state index contributed by atoms with van der Waals surface area (Å²) in [6.07, 6.45) is -2.76. The number of carbonyl (C=O) groups is 2. The summed E-state index contributed by atoms with van der Waals surface area (Å²) < 4.78 is 4.18. The van der Waals surface area contributed by atoms with Gasteiger partial charge in [-0.05, 0) is 6.92 Å². The van der Waals surface area contributed by atoms with Crippen LogP contribution in [0.4, 0.5) is 0 Å². The Balaban J connectivity index is 4.50. The topological polar surface area (TPSA) is 145 Å². The largest absolute Gasteiger partial charge is 0.394 e. The van der Waals surface area contributed by atoms with Gasteiger partial charge in [0.2, 0.25) is 0 Å². The molecule has 0 rings (SSSR count). The van der Waals surface area contributed by atoms with Crippen LogP contribution in [0.1, 0.15) is 6.92 Å². The molecule has 8 nitrogen and oxygen atoms in total. The van der Waals surface area contributed by atoms with E-state index < -0.39 is 43.0 Å². The van der Waals surface area contributed by atoms with Crippen molar-refractivity contribution in [2.45, 2.75) is 31.3 Å². The van der Waals surface area contributed by atoms with Crippen LogP contribution < -0.4 is 0 Å². The van der Waals surface area contributed by atoms with Crippen molar-refractivity contribution in [1.29, 1.82) is 0 Å². The molecule has 114 valence electrons. The highest BCUT2D eigenvalue weighted by atomic mass is 16.6. The van der Waals surface area contributed by atoms with Gasteiger partial charge >= 0.3 is 11.9 Å². The summed E-state index contributed by atoms with van der Waals surface area (Å²) in [6, 6.07) is 0. The van der Waals surface area contributed by atoms with Crippen molar-refractivity contribution in [3.8, 4) is 0 Å². The summed E-state index contributed by atoms with van der Waals surface area (Å²) in [4.78, 5) is 22.4. The van der Waals surface area contributed by atoms with E-state index in [-0.39, 0.29) is 0 Å². The summed E-state index contributed by atoms with van der Waals surface area (Å²) in [5.41, 5.74) is 0. The summed E-state index contributed by atoms with van der Waals surface area (Å²) in [7, 11) is 0. The van der Waals surface area contributed by atoms with Crippen LogP contribution in [-0.4, -0.2) is 68.5 Å². The Bertz CT molecular complexity index is 376. The van der Waals surface area contributed by atoms with E-state index in [2.05, 4.69) is 4.74 Å². The van der Waals surface area contributed by atoms with Crippen LogP contribution in [0.5, 0.6) is 0 Å². The first kappa shape index (κ1) is 18.4. The molecule has 0 saturated heterocycles. The first-order valence-electron chi connectivity index (χ1n) is 5.73. The summed E-state index contributed by atoms with van der Waals surface area (Å²) in [5.74, 6) is -2.56. The number of hydrogen-bond donors (Lipinski definition) is 5. The second-order valence-corrected chi connectivity index (χ2v) is 3.80. The second-order valence-electron chi connectivity index (χ2n) is 3.80. The van der Waals surface area contributed by atoms with E-state index >= 15 is 0 Å². The number of esters is 2. The van der Waals surface area contributed by atoms with E-state index in [1.54, 1.807) is 13.0 Å². The Morgan fingerprint density at radius 1 is 1.10 bits per heavy atom. The summed E-state index contributed by atoms with van der Waals surface area (Å²) in [5, 5.41) is 45.6. The van der Waals surface area contributed by atoms with Crippen LogP contribution in [0.25, 0.3) is 0 Å². The van der Waals surface area contributed by atoms with Crippen molar-refractivity contribution in [1.82, 2.24) is 0 Å². The Labute approximate surface area is 115 Å². The van der Waals surface area contributed by atoms with Crippen molar-refractivity contribution in [3.05, 3.63) is 24.3 Å². The van der Waals surface area contributed by atoms with Crippen LogP contribution in [-0.2, 0) is 14.3 Å². The molecule has 0 fully saturated rings. The first-order valence-corrected chi connectivity index (χ1v) is 5.73. The van der Waals surface area contributed by atoms with Gasteiger partial charge in [-0.2, -0.15) is 0 Å². The van der Waals surface area contributed by atoms with E-state index in [0.717, 1.165) is 6.08 Å². The van der Waals surface area contributed by atoms with Crippen molar-refractivity contribution in [2.75, 3.05) is 6.61 Å². The maximum atomic E-state index is 11.3. The van der Waals surface area contributed by atoms with Gasteiger partial charge < -0.3 is 30.3 Å². The van der Waals surface area contributed by atoms with E-state index in [9.17, 15) is 24.9 Å². The van der Waals surface area contributed by atoms with Gasteiger partial charge in [0.05, 0.1) is 6.61 Å². The number of aliphatic hydroxyl groups is 5. The maximum Gasteiger partial charge on any atom is 0.345 e. The average Bonchev–Trinajstić information content (AvgIpc) is 2.44. The van der Waals surface area contributed by atoms with Crippen molar-refractivity contribution < 1.29 is 39.9 Å². The quantitative estimate of drug-likeness (QED) is 0.151. The number of allylic oxidation sites excluding steroid dienone is 3. The first-order chi connectivity index (χ1) is 9.34. The molecule has 20 heavy (non-hydrogen) atoms. The Hall–Kier alpha value is -1.58. The molecule has 0 heterocycles. The van der Waals surface area contributed by atoms with Gasteiger partial charge in [-0.25, -0.2) is 9.59 Å². The molecular formula is C12H18O8. The number of ether oxygens (including phenoxy) is 1. The standard InChI is InChI=1S/C12H18O8/c1-2-3-4-5-8(15)20-12(19)11(18)10(17)9(16)7(14)6-13/h2-5,7,9-11,13-14,16-18H,6H2,1H3/b3-2+,5-4+/t7-,9-,10+,11-/m1/s1. The number of aliphatic hydroxyl groups excluding tert-OH is 5. The molecule has 4 atom stereocenters. The van der Waals surface area contributed by atoms with Crippen LogP contribution in [0.2, 0.25) is 0 Å². The van der Waals surface area contributed by atoms with Crippen molar-refractivity contribution >= 4 is 11.9 Å². The lowest BCUT2D eigenvalue weighted by atomic mass is 10.0. The lowest BCUT2D eigenvalue weighted by molar-refractivity contribution is -0.174. The van der Waals surface area contributed by atoms with E-state index in [4.69, 9.17) is 10.2 Å². The van der Waals surface area contributed by atoms with E-state index in [1.165, 1.54) is 12.2 Å². The normalized spacial score (nSPS) is 17.9. The van der Waals surface area contributed by atoms with Crippen molar-refractivity contribution in [2.24, 2.45) is 0 Å². The Morgan fingerprint density at radius 3 is 2.20 bits per heavy atom. The smallest absolute Gasteiger partial charge is 0.345 e. The monoisotopic (exact) mass is 290 g/mol. The fourth-order valence-corrected chi connectivity index (χ4v) is 1.10. The molecule has 5 N–H and O–H groups in total. The van der Waals surface area contributed by atoms with Gasteiger partial charge in [0.25, 0.3) is 0 Å². The van der Waals surface area contributed by atoms with Crippen LogP contribution >= 0.6 is 0 Å². The zero-order chi connectivity index (χ0) is 15.7. The minimum Gasteiger partial charge on any atom is -0.394 e.